The van der Waals surface area contributed by atoms with Gasteiger partial charge in [0, 0.05) is 37.6 Å². The smallest absolute Gasteiger partial charge is 0.225 e. The first-order valence-electron chi connectivity index (χ1n) is 10.1. The van der Waals surface area contributed by atoms with Crippen molar-refractivity contribution in [3.63, 3.8) is 0 Å². The summed E-state index contributed by atoms with van der Waals surface area (Å²) in [5, 5.41) is 11.9. The number of piperidine rings is 1. The van der Waals surface area contributed by atoms with Crippen molar-refractivity contribution < 1.29 is 9.53 Å². The first-order valence-corrected chi connectivity index (χ1v) is 10.1. The predicted molar refractivity (Wildman–Crippen MR) is 115 cm³/mol. The SMILES string of the molecule is COc1ccccc1-c1ccc(N2CCCC(C(=O)NCc3ccncc3)C2)nn1. The maximum atomic E-state index is 12.7. The van der Waals surface area contributed by atoms with Crippen LogP contribution in [0.1, 0.15) is 18.4 Å². The number of hydrogen-bond donors (Lipinski definition) is 1. The number of amides is 1. The van der Waals surface area contributed by atoms with Gasteiger partial charge in [0.05, 0.1) is 18.7 Å². The minimum absolute atomic E-state index is 0.0590. The minimum Gasteiger partial charge on any atom is -0.496 e. The van der Waals surface area contributed by atoms with E-state index in [2.05, 4.69) is 25.4 Å². The normalized spacial score (nSPS) is 16.2. The second-order valence-corrected chi connectivity index (χ2v) is 7.34. The summed E-state index contributed by atoms with van der Waals surface area (Å²) in [4.78, 5) is 18.8. The van der Waals surface area contributed by atoms with Gasteiger partial charge in [0.1, 0.15) is 5.75 Å². The number of rotatable bonds is 6. The molecule has 1 N–H and O–H groups in total. The highest BCUT2D eigenvalue weighted by atomic mass is 16.5. The summed E-state index contributed by atoms with van der Waals surface area (Å²) in [6.45, 7) is 2.03. The van der Waals surface area contributed by atoms with Gasteiger partial charge in [-0.15, -0.1) is 10.2 Å². The quantitative estimate of drug-likeness (QED) is 0.681. The van der Waals surface area contributed by atoms with Gasteiger partial charge >= 0.3 is 0 Å². The van der Waals surface area contributed by atoms with Crippen molar-refractivity contribution in [3.05, 3.63) is 66.5 Å². The molecule has 1 aromatic carbocycles. The molecule has 7 heteroatoms. The van der Waals surface area contributed by atoms with E-state index in [9.17, 15) is 4.79 Å². The largest absolute Gasteiger partial charge is 0.496 e. The fourth-order valence-electron chi connectivity index (χ4n) is 3.73. The van der Waals surface area contributed by atoms with Crippen LogP contribution in [0.3, 0.4) is 0 Å². The number of anilines is 1. The molecule has 154 valence electrons. The predicted octanol–water partition coefficient (Wildman–Crippen LogP) is 3.08. The molecule has 30 heavy (non-hydrogen) atoms. The number of methoxy groups -OCH3 is 1. The van der Waals surface area contributed by atoms with E-state index in [0.717, 1.165) is 47.8 Å². The highest BCUT2D eigenvalue weighted by Gasteiger charge is 2.26. The number of nitrogens with one attached hydrogen (secondary N) is 1. The molecule has 0 radical (unpaired) electrons. The topological polar surface area (TPSA) is 80.2 Å². The molecule has 1 amide bonds. The maximum absolute atomic E-state index is 12.7. The van der Waals surface area contributed by atoms with Crippen molar-refractivity contribution in [2.45, 2.75) is 19.4 Å². The molecule has 1 saturated heterocycles. The number of pyridine rings is 1. The highest BCUT2D eigenvalue weighted by Crippen LogP contribution is 2.29. The number of ether oxygens (including phenoxy) is 1. The number of benzene rings is 1. The second kappa shape index (κ2) is 9.35. The Bertz CT molecular complexity index is 978. The molecule has 4 rings (SSSR count). The summed E-state index contributed by atoms with van der Waals surface area (Å²) in [6.07, 6.45) is 5.29. The van der Waals surface area contributed by atoms with E-state index in [1.54, 1.807) is 19.5 Å². The summed E-state index contributed by atoms with van der Waals surface area (Å²) in [5.74, 6) is 1.58. The zero-order valence-corrected chi connectivity index (χ0v) is 17.0. The van der Waals surface area contributed by atoms with Crippen LogP contribution in [0.5, 0.6) is 5.75 Å². The Morgan fingerprint density at radius 3 is 2.73 bits per heavy atom. The Balaban J connectivity index is 1.40. The van der Waals surface area contributed by atoms with Gasteiger partial charge in [-0.1, -0.05) is 12.1 Å². The van der Waals surface area contributed by atoms with Gasteiger partial charge in [0.2, 0.25) is 5.91 Å². The Hall–Kier alpha value is -3.48. The van der Waals surface area contributed by atoms with Crippen molar-refractivity contribution in [2.24, 2.45) is 5.92 Å². The standard InChI is InChI=1S/C23H25N5O2/c1-30-21-7-3-2-6-19(21)20-8-9-22(27-26-20)28-14-4-5-18(16-28)23(29)25-15-17-10-12-24-13-11-17/h2-3,6-13,18H,4-5,14-16H2,1H3,(H,25,29). The van der Waals surface area contributed by atoms with Crippen LogP contribution in [0.2, 0.25) is 0 Å². The molecule has 3 aromatic rings. The molecule has 1 aliphatic rings. The van der Waals surface area contributed by atoms with Crippen molar-refractivity contribution in [3.8, 4) is 17.0 Å². The van der Waals surface area contributed by atoms with Gasteiger partial charge in [-0.3, -0.25) is 9.78 Å². The van der Waals surface area contributed by atoms with Gasteiger partial charge in [0.25, 0.3) is 0 Å². The first-order chi connectivity index (χ1) is 14.7. The van der Waals surface area contributed by atoms with Crippen LogP contribution in [-0.2, 0) is 11.3 Å². The van der Waals surface area contributed by atoms with Crippen LogP contribution >= 0.6 is 0 Å². The molecule has 7 nitrogen and oxygen atoms in total. The van der Waals surface area contributed by atoms with E-state index in [4.69, 9.17) is 4.74 Å². The number of carbonyl (C=O) groups is 1. The van der Waals surface area contributed by atoms with E-state index in [0.29, 0.717) is 13.1 Å². The molecular formula is C23H25N5O2. The van der Waals surface area contributed by atoms with Crippen LogP contribution in [0.25, 0.3) is 11.3 Å². The number of aromatic nitrogens is 3. The minimum atomic E-state index is -0.0590. The van der Waals surface area contributed by atoms with Gasteiger partial charge in [-0.05, 0) is 54.8 Å². The Kier molecular flexibility index (Phi) is 6.17. The molecule has 0 saturated carbocycles. The average Bonchev–Trinajstić information content (AvgIpc) is 2.83. The van der Waals surface area contributed by atoms with E-state index < -0.39 is 0 Å². The third kappa shape index (κ3) is 4.56. The summed E-state index contributed by atoms with van der Waals surface area (Å²) < 4.78 is 5.42. The number of nitrogens with zero attached hydrogens (tertiary/aromatic N) is 4. The van der Waals surface area contributed by atoms with Crippen molar-refractivity contribution in [1.82, 2.24) is 20.5 Å². The highest BCUT2D eigenvalue weighted by molar-refractivity contribution is 5.79. The molecular weight excluding hydrogens is 378 g/mol. The van der Waals surface area contributed by atoms with Gasteiger partial charge < -0.3 is 15.0 Å². The van der Waals surface area contributed by atoms with Crippen molar-refractivity contribution >= 4 is 11.7 Å². The Morgan fingerprint density at radius 2 is 1.97 bits per heavy atom. The fraction of sp³-hybridized carbons (Fsp3) is 0.304. The molecule has 1 atom stereocenters. The lowest BCUT2D eigenvalue weighted by molar-refractivity contribution is -0.125. The third-order valence-electron chi connectivity index (χ3n) is 5.37. The van der Waals surface area contributed by atoms with Crippen LogP contribution < -0.4 is 15.0 Å². The van der Waals surface area contributed by atoms with Crippen molar-refractivity contribution in [1.29, 1.82) is 0 Å². The van der Waals surface area contributed by atoms with Crippen LogP contribution in [-0.4, -0.2) is 41.3 Å². The number of hydrogen-bond acceptors (Lipinski definition) is 6. The summed E-state index contributed by atoms with van der Waals surface area (Å²) >= 11 is 0. The van der Waals surface area contributed by atoms with Crippen LogP contribution in [0.4, 0.5) is 5.82 Å². The van der Waals surface area contributed by atoms with Crippen molar-refractivity contribution in [2.75, 3.05) is 25.1 Å². The molecule has 1 unspecified atom stereocenters. The number of para-hydroxylation sites is 1. The van der Waals surface area contributed by atoms with E-state index >= 15 is 0 Å². The fourth-order valence-corrected chi connectivity index (χ4v) is 3.73. The lowest BCUT2D eigenvalue weighted by Gasteiger charge is -2.32. The second-order valence-electron chi connectivity index (χ2n) is 7.34. The summed E-state index contributed by atoms with van der Waals surface area (Å²) in [7, 11) is 1.65. The van der Waals surface area contributed by atoms with E-state index in [-0.39, 0.29) is 11.8 Å². The molecule has 1 fully saturated rings. The summed E-state index contributed by atoms with van der Waals surface area (Å²) in [6, 6.07) is 15.5. The van der Waals surface area contributed by atoms with E-state index in [1.165, 1.54) is 0 Å². The maximum Gasteiger partial charge on any atom is 0.225 e. The van der Waals surface area contributed by atoms with Crippen LogP contribution in [0.15, 0.2) is 60.9 Å². The zero-order valence-electron chi connectivity index (χ0n) is 17.0. The third-order valence-corrected chi connectivity index (χ3v) is 5.37. The molecule has 3 heterocycles. The van der Waals surface area contributed by atoms with Gasteiger partial charge in [-0.25, -0.2) is 0 Å². The molecule has 0 aliphatic carbocycles. The Labute approximate surface area is 176 Å². The van der Waals surface area contributed by atoms with Gasteiger partial charge in [0.15, 0.2) is 5.82 Å². The average molecular weight is 403 g/mol. The van der Waals surface area contributed by atoms with Crippen LogP contribution in [0, 0.1) is 5.92 Å². The molecule has 2 aromatic heterocycles. The van der Waals surface area contributed by atoms with Gasteiger partial charge in [-0.2, -0.15) is 0 Å². The molecule has 0 bridgehead atoms. The Morgan fingerprint density at radius 1 is 1.13 bits per heavy atom. The molecule has 0 spiro atoms. The summed E-state index contributed by atoms with van der Waals surface area (Å²) in [5.41, 5.74) is 2.72. The number of carbonyl (C=O) groups excluding carboxylic acids is 1. The first kappa shape index (κ1) is 19.8. The zero-order chi connectivity index (χ0) is 20.8. The molecule has 1 aliphatic heterocycles. The lowest BCUT2D eigenvalue weighted by atomic mass is 9.97. The van der Waals surface area contributed by atoms with E-state index in [1.807, 2.05) is 48.5 Å². The monoisotopic (exact) mass is 403 g/mol. The lowest BCUT2D eigenvalue weighted by Crippen LogP contribution is -2.43.